The molecule has 1 aliphatic rings. The monoisotopic (exact) mass is 500 g/mol. The van der Waals surface area contributed by atoms with Gasteiger partial charge in [-0.05, 0) is 85.8 Å². The predicted molar refractivity (Wildman–Crippen MR) is 134 cm³/mol. The minimum absolute atomic E-state index is 0.0608. The van der Waals surface area contributed by atoms with Crippen LogP contribution in [0.2, 0.25) is 0 Å². The fraction of sp³-hybridized carbons (Fsp3) is 0.407. The van der Waals surface area contributed by atoms with Crippen LogP contribution in [0.15, 0.2) is 59.6 Å². The summed E-state index contributed by atoms with van der Waals surface area (Å²) in [7, 11) is 1.57. The SMILES string of the molecule is COc1ccc2nccc(C(F)CC[C@@H]3CCN(CCSc4ccc(F)cc4)C[C@@H]3C(=O)O)c2c1. The molecular formula is C27H30F2N2O3S. The van der Waals surface area contributed by atoms with E-state index in [1.807, 2.05) is 6.07 Å². The number of alkyl halides is 1. The zero-order valence-corrected chi connectivity index (χ0v) is 20.5. The van der Waals surface area contributed by atoms with Gasteiger partial charge in [-0.15, -0.1) is 11.8 Å². The summed E-state index contributed by atoms with van der Waals surface area (Å²) in [5.74, 6) is -0.202. The number of aliphatic carboxylic acids is 1. The molecule has 3 aromatic rings. The molecule has 0 radical (unpaired) electrons. The van der Waals surface area contributed by atoms with Crippen molar-refractivity contribution in [2.45, 2.75) is 30.3 Å². The van der Waals surface area contributed by atoms with Crippen molar-refractivity contribution < 1.29 is 23.4 Å². The quantitative estimate of drug-likeness (QED) is 0.345. The zero-order chi connectivity index (χ0) is 24.8. The highest BCUT2D eigenvalue weighted by molar-refractivity contribution is 7.99. The summed E-state index contributed by atoms with van der Waals surface area (Å²) in [5.41, 5.74) is 1.28. The maximum Gasteiger partial charge on any atom is 0.308 e. The first kappa shape index (κ1) is 25.4. The maximum atomic E-state index is 15.4. The molecule has 8 heteroatoms. The number of carbonyl (C=O) groups is 1. The highest BCUT2D eigenvalue weighted by Crippen LogP contribution is 2.35. The number of fused-ring (bicyclic) bond motifs is 1. The maximum absolute atomic E-state index is 15.4. The first-order valence-corrected chi connectivity index (χ1v) is 12.8. The van der Waals surface area contributed by atoms with Crippen molar-refractivity contribution in [2.75, 3.05) is 32.5 Å². The number of benzene rings is 2. The van der Waals surface area contributed by atoms with E-state index >= 15 is 4.39 Å². The van der Waals surface area contributed by atoms with Crippen molar-refractivity contribution in [3.8, 4) is 5.75 Å². The Labute approximate surface area is 208 Å². The first-order chi connectivity index (χ1) is 16.9. The third-order valence-electron chi connectivity index (χ3n) is 6.76. The van der Waals surface area contributed by atoms with Crippen LogP contribution in [-0.2, 0) is 4.79 Å². The third-order valence-corrected chi connectivity index (χ3v) is 7.75. The van der Waals surface area contributed by atoms with Crippen LogP contribution in [0.25, 0.3) is 10.9 Å². The van der Waals surface area contributed by atoms with Gasteiger partial charge in [0.25, 0.3) is 0 Å². The number of methoxy groups -OCH3 is 1. The number of pyridine rings is 1. The molecule has 0 spiro atoms. The molecule has 186 valence electrons. The molecule has 2 aromatic carbocycles. The largest absolute Gasteiger partial charge is 0.497 e. The standard InChI is InChI=1S/C27H30F2N2O3S/c1-34-20-5-9-26-23(16-20)22(10-12-30-26)25(29)8-2-18-11-13-31(17-24(18)27(32)33)14-15-35-21-6-3-19(28)4-7-21/h3-7,9-10,12,16,18,24-25H,2,8,11,13-15,17H2,1H3,(H,32,33)/t18-,24+,25?/m1/s1. The van der Waals surface area contributed by atoms with E-state index in [2.05, 4.69) is 9.88 Å². The summed E-state index contributed by atoms with van der Waals surface area (Å²) in [6.45, 7) is 2.02. The zero-order valence-electron chi connectivity index (χ0n) is 19.7. The van der Waals surface area contributed by atoms with Crippen LogP contribution in [0.4, 0.5) is 8.78 Å². The van der Waals surface area contributed by atoms with Crippen LogP contribution in [0.3, 0.4) is 0 Å². The number of nitrogens with zero attached hydrogens (tertiary/aromatic N) is 2. The van der Waals surface area contributed by atoms with E-state index < -0.39 is 18.1 Å². The molecule has 1 fully saturated rings. The van der Waals surface area contributed by atoms with Crippen molar-refractivity contribution >= 4 is 28.6 Å². The molecule has 1 aliphatic heterocycles. The summed E-state index contributed by atoms with van der Waals surface area (Å²) < 4.78 is 33.7. The molecule has 1 saturated heterocycles. The summed E-state index contributed by atoms with van der Waals surface area (Å²) in [6, 6.07) is 13.5. The molecule has 1 unspecified atom stereocenters. The number of carboxylic acid groups (broad SMARTS) is 1. The van der Waals surface area contributed by atoms with Crippen LogP contribution < -0.4 is 4.74 Å². The average Bonchev–Trinajstić information content (AvgIpc) is 2.88. The van der Waals surface area contributed by atoms with Crippen molar-refractivity contribution in [2.24, 2.45) is 11.8 Å². The second kappa shape index (κ2) is 11.8. The van der Waals surface area contributed by atoms with Gasteiger partial charge in [-0.2, -0.15) is 0 Å². The molecule has 0 bridgehead atoms. The van der Waals surface area contributed by atoms with Crippen molar-refractivity contribution in [1.29, 1.82) is 0 Å². The average molecular weight is 501 g/mol. The molecule has 5 nitrogen and oxygen atoms in total. The topological polar surface area (TPSA) is 62.7 Å². The highest BCUT2D eigenvalue weighted by atomic mass is 32.2. The van der Waals surface area contributed by atoms with Gasteiger partial charge in [-0.25, -0.2) is 8.78 Å². The van der Waals surface area contributed by atoms with E-state index in [4.69, 9.17) is 4.74 Å². The Kier molecular flexibility index (Phi) is 8.57. The molecule has 1 N–H and O–H groups in total. The molecule has 0 aliphatic carbocycles. The minimum atomic E-state index is -1.20. The van der Waals surface area contributed by atoms with Crippen molar-refractivity contribution in [1.82, 2.24) is 9.88 Å². The van der Waals surface area contributed by atoms with Gasteiger partial charge in [-0.1, -0.05) is 0 Å². The molecule has 35 heavy (non-hydrogen) atoms. The van der Waals surface area contributed by atoms with Gasteiger partial charge in [0.2, 0.25) is 0 Å². The van der Waals surface area contributed by atoms with Crippen LogP contribution in [0.1, 0.15) is 31.0 Å². The fourth-order valence-electron chi connectivity index (χ4n) is 4.78. The smallest absolute Gasteiger partial charge is 0.308 e. The Morgan fingerprint density at radius 2 is 2.06 bits per heavy atom. The number of aromatic nitrogens is 1. The van der Waals surface area contributed by atoms with Crippen molar-refractivity contribution in [3.63, 3.8) is 0 Å². The Balaban J connectivity index is 1.32. The van der Waals surface area contributed by atoms with Gasteiger partial charge in [0.05, 0.1) is 18.5 Å². The molecular weight excluding hydrogens is 470 g/mol. The lowest BCUT2D eigenvalue weighted by molar-refractivity contribution is -0.146. The number of piperidine rings is 1. The lowest BCUT2D eigenvalue weighted by atomic mass is 9.81. The fourth-order valence-corrected chi connectivity index (χ4v) is 5.70. The van der Waals surface area contributed by atoms with E-state index in [-0.39, 0.29) is 18.2 Å². The lowest BCUT2D eigenvalue weighted by Gasteiger charge is -2.36. The van der Waals surface area contributed by atoms with Crippen LogP contribution in [0.5, 0.6) is 5.75 Å². The summed E-state index contributed by atoms with van der Waals surface area (Å²) >= 11 is 1.63. The highest BCUT2D eigenvalue weighted by Gasteiger charge is 2.34. The minimum Gasteiger partial charge on any atom is -0.497 e. The number of likely N-dealkylation sites (tertiary alicyclic amines) is 1. The number of carboxylic acids is 1. The Bertz CT molecular complexity index is 1140. The van der Waals surface area contributed by atoms with Crippen LogP contribution in [0, 0.1) is 17.7 Å². The second-order valence-corrected chi connectivity index (χ2v) is 10.1. The molecule has 4 rings (SSSR count). The Morgan fingerprint density at radius 3 is 2.80 bits per heavy atom. The number of hydrogen-bond donors (Lipinski definition) is 1. The molecule has 0 saturated carbocycles. The Morgan fingerprint density at radius 1 is 1.26 bits per heavy atom. The van der Waals surface area contributed by atoms with E-state index in [0.717, 1.165) is 35.5 Å². The normalized spacial score (nSPS) is 19.5. The van der Waals surface area contributed by atoms with Gasteiger partial charge in [0.1, 0.15) is 17.7 Å². The summed E-state index contributed by atoms with van der Waals surface area (Å²) in [4.78, 5) is 19.5. The first-order valence-electron chi connectivity index (χ1n) is 11.8. The van der Waals surface area contributed by atoms with Crippen LogP contribution >= 0.6 is 11.8 Å². The van der Waals surface area contributed by atoms with Gasteiger partial charge in [0, 0.05) is 35.3 Å². The van der Waals surface area contributed by atoms with Gasteiger partial charge < -0.3 is 14.7 Å². The molecule has 3 atom stereocenters. The lowest BCUT2D eigenvalue weighted by Crippen LogP contribution is -2.44. The van der Waals surface area contributed by atoms with E-state index in [0.29, 0.717) is 29.8 Å². The van der Waals surface area contributed by atoms with E-state index in [1.54, 1.807) is 55.4 Å². The Hall–Kier alpha value is -2.71. The number of thioether (sulfide) groups is 1. The third kappa shape index (κ3) is 6.49. The van der Waals surface area contributed by atoms with Gasteiger partial charge in [-0.3, -0.25) is 9.78 Å². The van der Waals surface area contributed by atoms with E-state index in [1.165, 1.54) is 12.1 Å². The molecule has 0 amide bonds. The summed E-state index contributed by atoms with van der Waals surface area (Å²) in [6.07, 6.45) is 1.93. The van der Waals surface area contributed by atoms with Gasteiger partial charge in [0.15, 0.2) is 0 Å². The number of rotatable bonds is 10. The van der Waals surface area contributed by atoms with E-state index in [9.17, 15) is 14.3 Å². The molecule has 1 aromatic heterocycles. The second-order valence-electron chi connectivity index (χ2n) is 8.92. The van der Waals surface area contributed by atoms with Gasteiger partial charge >= 0.3 is 5.97 Å². The molecule has 2 heterocycles. The number of halogens is 2. The summed E-state index contributed by atoms with van der Waals surface area (Å²) in [5, 5.41) is 10.6. The number of hydrogen-bond acceptors (Lipinski definition) is 5. The number of ether oxygens (including phenoxy) is 1. The van der Waals surface area contributed by atoms with Crippen LogP contribution in [-0.4, -0.2) is 53.5 Å². The van der Waals surface area contributed by atoms with Crippen molar-refractivity contribution in [3.05, 3.63) is 66.1 Å². The predicted octanol–water partition coefficient (Wildman–Crippen LogP) is 5.99.